The first-order valence-corrected chi connectivity index (χ1v) is 8.60. The molecule has 118 valence electrons. The van der Waals surface area contributed by atoms with Crippen molar-refractivity contribution < 1.29 is 0 Å². The second-order valence-electron chi connectivity index (χ2n) is 6.94. The SMILES string of the molecule is CC(C)c1nn(C)c(Cl)c1CNC[C@@H]1CCN(C2CC2)C1. The van der Waals surface area contributed by atoms with E-state index >= 15 is 0 Å². The summed E-state index contributed by atoms with van der Waals surface area (Å²) < 4.78 is 1.79. The second kappa shape index (κ2) is 6.27. The molecule has 1 aliphatic heterocycles. The average Bonchev–Trinajstić information content (AvgIpc) is 3.13. The smallest absolute Gasteiger partial charge is 0.131 e. The molecule has 0 amide bonds. The van der Waals surface area contributed by atoms with Crippen LogP contribution in [0.5, 0.6) is 0 Å². The Balaban J connectivity index is 1.51. The van der Waals surface area contributed by atoms with Gasteiger partial charge in [-0.25, -0.2) is 0 Å². The number of aryl methyl sites for hydroxylation is 1. The number of halogens is 1. The number of likely N-dealkylation sites (tertiary alicyclic amines) is 1. The highest BCUT2D eigenvalue weighted by molar-refractivity contribution is 6.30. The molecule has 0 radical (unpaired) electrons. The molecule has 5 heteroatoms. The number of hydrogen-bond donors (Lipinski definition) is 1. The first-order valence-electron chi connectivity index (χ1n) is 8.22. The van der Waals surface area contributed by atoms with Gasteiger partial charge < -0.3 is 10.2 Å². The monoisotopic (exact) mass is 310 g/mol. The molecule has 1 aromatic heterocycles. The third kappa shape index (κ3) is 3.43. The first-order chi connectivity index (χ1) is 10.1. The lowest BCUT2D eigenvalue weighted by molar-refractivity contribution is 0.312. The minimum absolute atomic E-state index is 0.414. The molecular weight excluding hydrogens is 284 g/mol. The maximum Gasteiger partial charge on any atom is 0.131 e. The average molecular weight is 311 g/mol. The summed E-state index contributed by atoms with van der Waals surface area (Å²) >= 11 is 6.38. The van der Waals surface area contributed by atoms with Crippen LogP contribution in [0.4, 0.5) is 0 Å². The van der Waals surface area contributed by atoms with Crippen molar-refractivity contribution in [3.05, 3.63) is 16.4 Å². The van der Waals surface area contributed by atoms with Gasteiger partial charge in [-0.3, -0.25) is 4.68 Å². The zero-order chi connectivity index (χ0) is 15.0. The highest BCUT2D eigenvalue weighted by atomic mass is 35.5. The van der Waals surface area contributed by atoms with Crippen LogP contribution in [-0.2, 0) is 13.6 Å². The molecule has 1 aliphatic carbocycles. The Morgan fingerprint density at radius 1 is 1.33 bits per heavy atom. The molecule has 1 aromatic rings. The van der Waals surface area contributed by atoms with Crippen LogP contribution >= 0.6 is 11.6 Å². The van der Waals surface area contributed by atoms with E-state index in [-0.39, 0.29) is 0 Å². The Morgan fingerprint density at radius 3 is 2.76 bits per heavy atom. The van der Waals surface area contributed by atoms with Crippen molar-refractivity contribution in [3.8, 4) is 0 Å². The second-order valence-corrected chi connectivity index (χ2v) is 7.30. The highest BCUT2D eigenvalue weighted by Gasteiger charge is 2.34. The molecule has 2 heterocycles. The number of nitrogens with zero attached hydrogens (tertiary/aromatic N) is 3. The molecule has 0 spiro atoms. The fourth-order valence-corrected chi connectivity index (χ4v) is 3.60. The van der Waals surface area contributed by atoms with Gasteiger partial charge in [0.2, 0.25) is 0 Å². The summed E-state index contributed by atoms with van der Waals surface area (Å²) in [5.41, 5.74) is 2.30. The zero-order valence-corrected chi connectivity index (χ0v) is 14.2. The van der Waals surface area contributed by atoms with Crippen molar-refractivity contribution in [1.29, 1.82) is 0 Å². The Labute approximate surface area is 132 Å². The van der Waals surface area contributed by atoms with Crippen molar-refractivity contribution in [3.63, 3.8) is 0 Å². The van der Waals surface area contributed by atoms with Crippen molar-refractivity contribution in [2.45, 2.75) is 51.6 Å². The van der Waals surface area contributed by atoms with Crippen LogP contribution in [0.25, 0.3) is 0 Å². The third-order valence-electron chi connectivity index (χ3n) is 4.76. The van der Waals surface area contributed by atoms with Crippen molar-refractivity contribution in [2.24, 2.45) is 13.0 Å². The molecule has 1 saturated carbocycles. The third-order valence-corrected chi connectivity index (χ3v) is 5.24. The van der Waals surface area contributed by atoms with E-state index in [2.05, 4.69) is 29.2 Å². The molecule has 1 N–H and O–H groups in total. The Hall–Kier alpha value is -0.580. The van der Waals surface area contributed by atoms with Gasteiger partial charge in [0.15, 0.2) is 0 Å². The van der Waals surface area contributed by atoms with Gasteiger partial charge in [0.05, 0.1) is 5.69 Å². The van der Waals surface area contributed by atoms with Crippen LogP contribution in [0.15, 0.2) is 0 Å². The summed E-state index contributed by atoms with van der Waals surface area (Å²) in [5.74, 6) is 1.21. The molecule has 1 saturated heterocycles. The molecule has 0 unspecified atom stereocenters. The normalized spacial score (nSPS) is 23.4. The summed E-state index contributed by atoms with van der Waals surface area (Å²) in [7, 11) is 1.92. The largest absolute Gasteiger partial charge is 0.312 e. The number of hydrogen-bond acceptors (Lipinski definition) is 3. The minimum Gasteiger partial charge on any atom is -0.312 e. The van der Waals surface area contributed by atoms with Crippen LogP contribution in [0.2, 0.25) is 5.15 Å². The minimum atomic E-state index is 0.414. The molecule has 0 bridgehead atoms. The van der Waals surface area contributed by atoms with E-state index in [0.717, 1.165) is 35.9 Å². The standard InChI is InChI=1S/C16H27ClN4/c1-11(2)15-14(16(17)20(3)19-15)9-18-8-12-6-7-21(10-12)13-4-5-13/h11-13,18H,4-10H2,1-3H3/t12-/m0/s1. The van der Waals surface area contributed by atoms with Crippen LogP contribution in [-0.4, -0.2) is 40.4 Å². The van der Waals surface area contributed by atoms with E-state index in [9.17, 15) is 0 Å². The lowest BCUT2D eigenvalue weighted by atomic mass is 10.1. The molecule has 2 aliphatic rings. The van der Waals surface area contributed by atoms with Gasteiger partial charge in [0.25, 0.3) is 0 Å². The van der Waals surface area contributed by atoms with E-state index in [4.69, 9.17) is 11.6 Å². The van der Waals surface area contributed by atoms with Crippen LogP contribution in [0.1, 0.15) is 50.3 Å². The maximum absolute atomic E-state index is 6.38. The molecule has 21 heavy (non-hydrogen) atoms. The summed E-state index contributed by atoms with van der Waals surface area (Å²) in [6.45, 7) is 8.84. The van der Waals surface area contributed by atoms with E-state index in [1.807, 2.05) is 7.05 Å². The van der Waals surface area contributed by atoms with E-state index in [0.29, 0.717) is 5.92 Å². The molecule has 4 nitrogen and oxygen atoms in total. The highest BCUT2D eigenvalue weighted by Crippen LogP contribution is 2.31. The van der Waals surface area contributed by atoms with Crippen molar-refractivity contribution >= 4 is 11.6 Å². The Morgan fingerprint density at radius 2 is 2.10 bits per heavy atom. The predicted molar refractivity (Wildman–Crippen MR) is 86.7 cm³/mol. The topological polar surface area (TPSA) is 33.1 Å². The molecular formula is C16H27ClN4. The molecule has 3 rings (SSSR count). The lowest BCUT2D eigenvalue weighted by Gasteiger charge is -2.15. The van der Waals surface area contributed by atoms with Crippen molar-refractivity contribution in [2.75, 3.05) is 19.6 Å². The van der Waals surface area contributed by atoms with Gasteiger partial charge in [-0.05, 0) is 44.2 Å². The lowest BCUT2D eigenvalue weighted by Crippen LogP contribution is -2.27. The summed E-state index contributed by atoms with van der Waals surface area (Å²) in [6.07, 6.45) is 4.17. The number of rotatable bonds is 6. The predicted octanol–water partition coefficient (Wildman–Crippen LogP) is 2.77. The van der Waals surface area contributed by atoms with E-state index in [1.54, 1.807) is 4.68 Å². The van der Waals surface area contributed by atoms with Gasteiger partial charge in [-0.2, -0.15) is 5.10 Å². The van der Waals surface area contributed by atoms with Gasteiger partial charge in [-0.1, -0.05) is 25.4 Å². The van der Waals surface area contributed by atoms with Gasteiger partial charge >= 0.3 is 0 Å². The number of aromatic nitrogens is 2. The quantitative estimate of drug-likeness (QED) is 0.877. The fraction of sp³-hybridized carbons (Fsp3) is 0.812. The van der Waals surface area contributed by atoms with Crippen LogP contribution < -0.4 is 5.32 Å². The van der Waals surface area contributed by atoms with Gasteiger partial charge in [-0.15, -0.1) is 0 Å². The summed E-state index contributed by atoms with van der Waals surface area (Å²) in [6, 6.07) is 0.912. The Bertz CT molecular complexity index is 493. The van der Waals surface area contributed by atoms with Crippen LogP contribution in [0, 0.1) is 5.92 Å². The van der Waals surface area contributed by atoms with Gasteiger partial charge in [0, 0.05) is 31.7 Å². The fourth-order valence-electron chi connectivity index (χ4n) is 3.40. The van der Waals surface area contributed by atoms with Crippen LogP contribution in [0.3, 0.4) is 0 Å². The molecule has 0 aromatic carbocycles. The van der Waals surface area contributed by atoms with Gasteiger partial charge in [0.1, 0.15) is 5.15 Å². The molecule has 2 fully saturated rings. The molecule has 1 atom stereocenters. The number of nitrogens with one attached hydrogen (secondary N) is 1. The van der Waals surface area contributed by atoms with E-state index in [1.165, 1.54) is 37.9 Å². The zero-order valence-electron chi connectivity index (χ0n) is 13.4. The maximum atomic E-state index is 6.38. The van der Waals surface area contributed by atoms with E-state index < -0.39 is 0 Å². The van der Waals surface area contributed by atoms with Crippen molar-refractivity contribution in [1.82, 2.24) is 20.0 Å². The summed E-state index contributed by atoms with van der Waals surface area (Å²) in [5, 5.41) is 8.92. The Kier molecular flexibility index (Phi) is 4.57. The first kappa shape index (κ1) is 15.3. The summed E-state index contributed by atoms with van der Waals surface area (Å²) in [4.78, 5) is 2.67.